The van der Waals surface area contributed by atoms with E-state index < -0.39 is 23.1 Å². The SMILES string of the molecule is [O-][B][O-].[O-][B][O-].[O-][B][O-].[Os].[Os]. The zero-order chi connectivity index (χ0) is 8.12. The molecule has 0 aliphatic heterocycles. The van der Waals surface area contributed by atoms with Gasteiger partial charge in [0.25, 0.3) is 0 Å². The summed E-state index contributed by atoms with van der Waals surface area (Å²) in [5.74, 6) is 0. The molecule has 0 aliphatic carbocycles. The van der Waals surface area contributed by atoms with Crippen LogP contribution >= 0.6 is 0 Å². The normalized spacial score (nSPS) is 3.82. The molecule has 0 fully saturated rings. The quantitative estimate of drug-likeness (QED) is 0.298. The van der Waals surface area contributed by atoms with Crippen LogP contribution in [0.3, 0.4) is 0 Å². The van der Waals surface area contributed by atoms with Gasteiger partial charge in [0.15, 0.2) is 0 Å². The van der Waals surface area contributed by atoms with E-state index >= 15 is 0 Å². The largest absolute Gasteiger partial charge is 0.900 e. The first-order valence-electron chi connectivity index (χ1n) is 1.41. The summed E-state index contributed by atoms with van der Waals surface area (Å²) in [7, 11) is -1.50. The van der Waals surface area contributed by atoms with Crippen LogP contribution in [0.5, 0.6) is 0 Å². The van der Waals surface area contributed by atoms with E-state index in [1.807, 2.05) is 0 Å². The molecule has 0 heterocycles. The maximum Gasteiger partial charge on any atom is 0 e. The molecular weight excluding hydrogens is 509 g/mol. The van der Waals surface area contributed by atoms with Crippen LogP contribution in [0.2, 0.25) is 0 Å². The Morgan fingerprint density at radius 1 is 0.455 bits per heavy atom. The van der Waals surface area contributed by atoms with Crippen molar-refractivity contribution in [2.24, 2.45) is 0 Å². The fourth-order valence-corrected chi connectivity index (χ4v) is 0. The van der Waals surface area contributed by atoms with E-state index in [1.165, 1.54) is 0 Å². The molecule has 0 aromatic heterocycles. The standard InChI is InChI=1S/3BO2.2Os/c3*2-1-3;;/q3*-2;;. The van der Waals surface area contributed by atoms with Gasteiger partial charge in [-0.3, -0.25) is 0 Å². The van der Waals surface area contributed by atoms with E-state index in [0.717, 1.165) is 0 Å². The van der Waals surface area contributed by atoms with Crippen LogP contribution in [-0.4, -0.2) is 23.1 Å². The Kier molecular flexibility index (Phi) is 176. The maximum atomic E-state index is 8.25. The molecular formula is B3O6Os2-6. The molecule has 0 unspecified atom stereocenters. The summed E-state index contributed by atoms with van der Waals surface area (Å²) in [6.07, 6.45) is 0. The Morgan fingerprint density at radius 2 is 0.455 bits per heavy atom. The molecule has 11 heteroatoms. The molecule has 6 nitrogen and oxygen atoms in total. The van der Waals surface area contributed by atoms with Gasteiger partial charge < -0.3 is 30.1 Å². The van der Waals surface area contributed by atoms with Gasteiger partial charge in [0, 0.05) is 39.6 Å². The third kappa shape index (κ3) is 634. The summed E-state index contributed by atoms with van der Waals surface area (Å²) in [6, 6.07) is 0. The van der Waals surface area contributed by atoms with Gasteiger partial charge in [-0.1, -0.05) is 0 Å². The van der Waals surface area contributed by atoms with Crippen LogP contribution < -0.4 is 30.1 Å². The molecule has 0 rings (SSSR count). The molecule has 0 amide bonds. The first-order chi connectivity index (χ1) is 4.24. The molecule has 11 heavy (non-hydrogen) atoms. The average Bonchev–Trinajstić information content (AvgIpc) is 1.70. The van der Waals surface area contributed by atoms with Gasteiger partial charge >= 0.3 is 0 Å². The molecule has 0 atom stereocenters. The first-order valence-corrected chi connectivity index (χ1v) is 1.41. The fourth-order valence-electron chi connectivity index (χ4n) is 0. The second-order valence-electron chi connectivity index (χ2n) is 0.289. The van der Waals surface area contributed by atoms with Crippen molar-refractivity contribution in [1.82, 2.24) is 0 Å². The molecule has 0 aromatic rings. The smallest absolute Gasteiger partial charge is 0 e. The maximum absolute atomic E-state index is 8.25. The summed E-state index contributed by atoms with van der Waals surface area (Å²) >= 11 is 0. The Hall–Kier alpha value is 1.23. The molecule has 0 bridgehead atoms. The number of rotatable bonds is 0. The molecule has 0 aliphatic rings. The van der Waals surface area contributed by atoms with E-state index in [1.54, 1.807) is 0 Å². The minimum absolute atomic E-state index is 0. The van der Waals surface area contributed by atoms with Gasteiger partial charge in [0.2, 0.25) is 0 Å². The van der Waals surface area contributed by atoms with Gasteiger partial charge in [0.05, 0.1) is 0 Å². The van der Waals surface area contributed by atoms with Crippen molar-refractivity contribution < 1.29 is 69.7 Å². The molecule has 0 saturated heterocycles. The van der Waals surface area contributed by atoms with Crippen LogP contribution in [0.25, 0.3) is 0 Å². The van der Waals surface area contributed by atoms with Crippen LogP contribution in [-0.2, 0) is 39.6 Å². The summed E-state index contributed by atoms with van der Waals surface area (Å²) in [5.41, 5.74) is 0. The van der Waals surface area contributed by atoms with Gasteiger partial charge in [-0.15, -0.1) is 0 Å². The topological polar surface area (TPSA) is 138 Å². The zero-order valence-corrected chi connectivity index (χ0v) is 9.97. The predicted octanol–water partition coefficient (Wildman–Crippen LogP) is -8.28. The van der Waals surface area contributed by atoms with E-state index in [2.05, 4.69) is 0 Å². The summed E-state index contributed by atoms with van der Waals surface area (Å²) < 4.78 is 0. The van der Waals surface area contributed by atoms with Crippen LogP contribution in [0.1, 0.15) is 0 Å². The van der Waals surface area contributed by atoms with Crippen molar-refractivity contribution in [2.75, 3.05) is 0 Å². The number of hydrogen-bond donors (Lipinski definition) is 0. The van der Waals surface area contributed by atoms with Crippen LogP contribution in [0, 0.1) is 0 Å². The first kappa shape index (κ1) is 29.5. The van der Waals surface area contributed by atoms with Gasteiger partial charge in [0.1, 0.15) is 0 Å². The monoisotopic (exact) mass is 513 g/mol. The van der Waals surface area contributed by atoms with Gasteiger partial charge in [-0.2, -0.15) is 0 Å². The minimum Gasteiger partial charge on any atom is -0.900 e. The van der Waals surface area contributed by atoms with Gasteiger partial charge in [-0.05, 0) is 0 Å². The average molecular weight is 509 g/mol. The van der Waals surface area contributed by atoms with E-state index in [9.17, 15) is 0 Å². The Balaban J connectivity index is -0.0000000150. The summed E-state index contributed by atoms with van der Waals surface area (Å²) in [5, 5.41) is 49.5. The van der Waals surface area contributed by atoms with Crippen molar-refractivity contribution in [3.8, 4) is 0 Å². The molecule has 0 saturated carbocycles. The zero-order valence-electron chi connectivity index (χ0n) is 4.89. The third-order valence-electron chi connectivity index (χ3n) is 0. The molecule has 0 aromatic carbocycles. The molecule has 0 spiro atoms. The fraction of sp³-hybridized carbons (Fsp3) is 0. The van der Waals surface area contributed by atoms with Crippen molar-refractivity contribution >= 4 is 23.1 Å². The molecule has 0 N–H and O–H groups in total. The Morgan fingerprint density at radius 3 is 0.455 bits per heavy atom. The molecule has 3 radical (unpaired) electrons. The third-order valence-corrected chi connectivity index (χ3v) is 0. The number of hydrogen-bond acceptors (Lipinski definition) is 6. The van der Waals surface area contributed by atoms with Crippen LogP contribution in [0.15, 0.2) is 0 Å². The van der Waals surface area contributed by atoms with Gasteiger partial charge in [-0.25, -0.2) is 23.1 Å². The Labute approximate surface area is 92.7 Å². The van der Waals surface area contributed by atoms with Crippen molar-refractivity contribution in [2.45, 2.75) is 0 Å². The summed E-state index contributed by atoms with van der Waals surface area (Å²) in [4.78, 5) is 0. The second-order valence-corrected chi connectivity index (χ2v) is 0.289. The van der Waals surface area contributed by atoms with Crippen molar-refractivity contribution in [1.29, 1.82) is 0 Å². The van der Waals surface area contributed by atoms with E-state index in [0.29, 0.717) is 0 Å². The van der Waals surface area contributed by atoms with E-state index in [4.69, 9.17) is 30.1 Å². The van der Waals surface area contributed by atoms with Crippen molar-refractivity contribution in [3.63, 3.8) is 0 Å². The van der Waals surface area contributed by atoms with Crippen molar-refractivity contribution in [3.05, 3.63) is 0 Å². The Bertz CT molecular complexity index is 20.5. The molecule has 67 valence electrons. The van der Waals surface area contributed by atoms with Crippen LogP contribution in [0.4, 0.5) is 0 Å². The second kappa shape index (κ2) is 65.7. The summed E-state index contributed by atoms with van der Waals surface area (Å²) in [6.45, 7) is 0. The van der Waals surface area contributed by atoms with E-state index in [-0.39, 0.29) is 39.6 Å². The minimum atomic E-state index is -0.500. The predicted molar refractivity (Wildman–Crippen MR) is 17.3 cm³/mol.